The van der Waals surface area contributed by atoms with Gasteiger partial charge in [0.1, 0.15) is 5.75 Å². The first-order valence-electron chi connectivity index (χ1n) is 16.2. The first-order chi connectivity index (χ1) is 19.1. The van der Waals surface area contributed by atoms with Gasteiger partial charge in [0.2, 0.25) is 0 Å². The van der Waals surface area contributed by atoms with E-state index in [0.717, 1.165) is 24.5 Å². The maximum Gasteiger partial charge on any atom is 0.162 e. The van der Waals surface area contributed by atoms with E-state index in [0.29, 0.717) is 30.5 Å². The molecule has 40 heavy (non-hydrogen) atoms. The van der Waals surface area contributed by atoms with Gasteiger partial charge in [0.15, 0.2) is 6.29 Å². The summed E-state index contributed by atoms with van der Waals surface area (Å²) in [5.74, 6) is 3.40. The molecule has 1 saturated heterocycles. The third-order valence-corrected chi connectivity index (χ3v) is 12.1. The van der Waals surface area contributed by atoms with Gasteiger partial charge in [-0.3, -0.25) is 0 Å². The number of methoxy groups -OCH3 is 2. The van der Waals surface area contributed by atoms with Gasteiger partial charge in [-0.25, -0.2) is 0 Å². The Morgan fingerprint density at radius 2 is 1.68 bits per heavy atom. The normalized spacial score (nSPS) is 38.1. The molecule has 224 valence electrons. The summed E-state index contributed by atoms with van der Waals surface area (Å²) in [6.07, 6.45) is 12.5. The molecule has 5 rings (SSSR count). The van der Waals surface area contributed by atoms with Crippen LogP contribution in [0, 0.1) is 34.5 Å². The molecule has 4 aliphatic rings. The molecule has 0 bridgehead atoms. The molecule has 8 atom stereocenters. The Morgan fingerprint density at radius 3 is 2.35 bits per heavy atom. The first kappa shape index (κ1) is 30.1. The fourth-order valence-corrected chi connectivity index (χ4v) is 9.44. The molecule has 0 aromatic heterocycles. The van der Waals surface area contributed by atoms with Crippen LogP contribution in [-0.4, -0.2) is 32.2 Å². The maximum absolute atomic E-state index is 7.07. The molecule has 1 heterocycles. The summed E-state index contributed by atoms with van der Waals surface area (Å²) < 4.78 is 25.0. The van der Waals surface area contributed by atoms with Crippen LogP contribution in [0.3, 0.4) is 0 Å². The number of benzene rings is 1. The van der Waals surface area contributed by atoms with E-state index in [1.165, 1.54) is 56.9 Å². The van der Waals surface area contributed by atoms with Gasteiger partial charge in [-0.05, 0) is 98.3 Å². The number of ether oxygens (including phenoxy) is 4. The second-order valence-corrected chi connectivity index (χ2v) is 14.7. The SMILES string of the molecule is COc1ccc(CO[C@H]2CC[C@]3(C)C4=C(CC[C@H]3C2)[C@]2(C)OC(OC)[C@H]([C@H](C)CCCC(C)C)[C@@]2(C)CC4)cc1. The molecule has 0 spiro atoms. The van der Waals surface area contributed by atoms with Crippen molar-refractivity contribution in [2.45, 2.75) is 130 Å². The molecule has 4 heteroatoms. The summed E-state index contributed by atoms with van der Waals surface area (Å²) in [7, 11) is 3.58. The molecule has 1 aliphatic heterocycles. The highest BCUT2D eigenvalue weighted by molar-refractivity contribution is 5.40. The van der Waals surface area contributed by atoms with Crippen molar-refractivity contribution in [3.8, 4) is 5.75 Å². The Morgan fingerprint density at radius 1 is 0.925 bits per heavy atom. The van der Waals surface area contributed by atoms with Crippen LogP contribution in [0.2, 0.25) is 0 Å². The lowest BCUT2D eigenvalue weighted by molar-refractivity contribution is -0.160. The average Bonchev–Trinajstić information content (AvgIpc) is 3.18. The highest BCUT2D eigenvalue weighted by Crippen LogP contribution is 2.67. The highest BCUT2D eigenvalue weighted by Gasteiger charge is 2.66. The molecular weight excluding hydrogens is 496 g/mol. The summed E-state index contributed by atoms with van der Waals surface area (Å²) >= 11 is 0. The van der Waals surface area contributed by atoms with Crippen LogP contribution in [-0.2, 0) is 20.8 Å². The lowest BCUT2D eigenvalue weighted by atomic mass is 9.48. The van der Waals surface area contributed by atoms with E-state index >= 15 is 0 Å². The van der Waals surface area contributed by atoms with E-state index in [1.54, 1.807) is 18.3 Å². The zero-order valence-corrected chi connectivity index (χ0v) is 26.7. The van der Waals surface area contributed by atoms with E-state index in [2.05, 4.69) is 53.7 Å². The van der Waals surface area contributed by atoms with E-state index < -0.39 is 0 Å². The van der Waals surface area contributed by atoms with Crippen LogP contribution in [0.25, 0.3) is 0 Å². The number of hydrogen-bond donors (Lipinski definition) is 0. The topological polar surface area (TPSA) is 36.9 Å². The Kier molecular flexibility index (Phi) is 8.83. The van der Waals surface area contributed by atoms with Crippen molar-refractivity contribution in [3.05, 3.63) is 41.0 Å². The largest absolute Gasteiger partial charge is 0.497 e. The monoisotopic (exact) mass is 552 g/mol. The number of hydrogen-bond acceptors (Lipinski definition) is 4. The fraction of sp³-hybridized carbons (Fsp3) is 0.778. The van der Waals surface area contributed by atoms with Gasteiger partial charge in [-0.1, -0.05) is 71.6 Å². The quantitative estimate of drug-likeness (QED) is 0.271. The van der Waals surface area contributed by atoms with Gasteiger partial charge in [0.05, 0.1) is 25.4 Å². The summed E-state index contributed by atoms with van der Waals surface area (Å²) in [5.41, 5.74) is 4.75. The summed E-state index contributed by atoms with van der Waals surface area (Å²) in [6.45, 7) is 15.4. The minimum Gasteiger partial charge on any atom is -0.497 e. The summed E-state index contributed by atoms with van der Waals surface area (Å²) in [4.78, 5) is 0. The minimum absolute atomic E-state index is 0.108. The van der Waals surface area contributed by atoms with Crippen LogP contribution in [0.5, 0.6) is 5.75 Å². The van der Waals surface area contributed by atoms with Crippen molar-refractivity contribution >= 4 is 0 Å². The van der Waals surface area contributed by atoms with Gasteiger partial charge < -0.3 is 18.9 Å². The number of rotatable bonds is 10. The average molecular weight is 553 g/mol. The second-order valence-electron chi connectivity index (χ2n) is 14.7. The molecule has 1 unspecified atom stereocenters. The zero-order chi connectivity index (χ0) is 28.7. The predicted octanol–water partition coefficient (Wildman–Crippen LogP) is 9.12. The molecule has 1 aromatic carbocycles. The van der Waals surface area contributed by atoms with Crippen LogP contribution < -0.4 is 4.74 Å². The zero-order valence-electron chi connectivity index (χ0n) is 26.7. The van der Waals surface area contributed by atoms with Crippen molar-refractivity contribution in [2.75, 3.05) is 14.2 Å². The van der Waals surface area contributed by atoms with Crippen molar-refractivity contribution in [1.29, 1.82) is 0 Å². The molecule has 1 saturated carbocycles. The molecule has 0 radical (unpaired) electrons. The standard InChI is InChI=1S/C36H56O4/c1-24(2)10-9-11-25(3)32-33(38-8)40-36(6)31-17-14-27-22-29(39-23-26-12-15-28(37-7)16-13-26)18-20-34(27,4)30(31)19-21-35(32,36)5/h12-13,15-16,24-25,27,29,32-33H,9-11,14,17-23H2,1-8H3/t25-,27+,29+,32+,33?,34+,35-,36+/m1/s1. The lowest BCUT2D eigenvalue weighted by Crippen LogP contribution is -2.53. The Balaban J connectivity index is 1.31. The van der Waals surface area contributed by atoms with Crippen molar-refractivity contribution < 1.29 is 18.9 Å². The number of fused-ring (bicyclic) bond motifs is 4. The summed E-state index contributed by atoms with van der Waals surface area (Å²) in [6, 6.07) is 8.30. The fourth-order valence-electron chi connectivity index (χ4n) is 9.44. The van der Waals surface area contributed by atoms with Gasteiger partial charge in [-0.2, -0.15) is 0 Å². The second kappa shape index (κ2) is 11.7. The molecule has 4 nitrogen and oxygen atoms in total. The van der Waals surface area contributed by atoms with Gasteiger partial charge in [0, 0.05) is 18.4 Å². The van der Waals surface area contributed by atoms with E-state index in [9.17, 15) is 0 Å². The molecule has 1 aromatic rings. The third-order valence-electron chi connectivity index (χ3n) is 12.1. The first-order valence-corrected chi connectivity index (χ1v) is 16.2. The maximum atomic E-state index is 7.07. The minimum atomic E-state index is -0.228. The lowest BCUT2D eigenvalue weighted by Gasteiger charge is -2.57. The van der Waals surface area contributed by atoms with Crippen molar-refractivity contribution in [1.82, 2.24) is 0 Å². The highest BCUT2D eigenvalue weighted by atomic mass is 16.7. The molecular formula is C36H56O4. The van der Waals surface area contributed by atoms with Gasteiger partial charge >= 0.3 is 0 Å². The summed E-state index contributed by atoms with van der Waals surface area (Å²) in [5, 5.41) is 0. The van der Waals surface area contributed by atoms with E-state index in [-0.39, 0.29) is 22.7 Å². The molecule has 3 aliphatic carbocycles. The van der Waals surface area contributed by atoms with Crippen LogP contribution in [0.1, 0.15) is 111 Å². The van der Waals surface area contributed by atoms with Crippen LogP contribution >= 0.6 is 0 Å². The Labute approximate surface area is 244 Å². The van der Waals surface area contributed by atoms with Crippen LogP contribution in [0.15, 0.2) is 35.4 Å². The van der Waals surface area contributed by atoms with Crippen molar-refractivity contribution in [2.24, 2.45) is 34.5 Å². The number of allylic oxidation sites excluding steroid dienone is 1. The smallest absolute Gasteiger partial charge is 0.162 e. The molecule has 0 N–H and O–H groups in total. The molecule has 2 fully saturated rings. The van der Waals surface area contributed by atoms with E-state index in [1.807, 2.05) is 19.2 Å². The van der Waals surface area contributed by atoms with Crippen molar-refractivity contribution in [3.63, 3.8) is 0 Å². The Hall–Kier alpha value is -1.36. The van der Waals surface area contributed by atoms with Gasteiger partial charge in [-0.15, -0.1) is 0 Å². The predicted molar refractivity (Wildman–Crippen MR) is 162 cm³/mol. The van der Waals surface area contributed by atoms with E-state index in [4.69, 9.17) is 18.9 Å². The Bertz CT molecular complexity index is 1050. The third kappa shape index (κ3) is 5.20. The van der Waals surface area contributed by atoms with Gasteiger partial charge in [0.25, 0.3) is 0 Å². The molecule has 0 amide bonds. The van der Waals surface area contributed by atoms with Crippen LogP contribution in [0.4, 0.5) is 0 Å².